The zero-order valence-electron chi connectivity index (χ0n) is 16.3. The highest BCUT2D eigenvalue weighted by Gasteiger charge is 2.29. The highest BCUT2D eigenvalue weighted by molar-refractivity contribution is 6.42. The van der Waals surface area contributed by atoms with Crippen molar-refractivity contribution in [1.82, 2.24) is 10.2 Å². The van der Waals surface area contributed by atoms with Gasteiger partial charge in [0.25, 0.3) is 0 Å². The van der Waals surface area contributed by atoms with Crippen molar-refractivity contribution < 1.29 is 9.59 Å². The van der Waals surface area contributed by atoms with E-state index in [1.54, 1.807) is 17.0 Å². The molecule has 0 bridgehead atoms. The van der Waals surface area contributed by atoms with Crippen LogP contribution in [0.3, 0.4) is 0 Å². The van der Waals surface area contributed by atoms with Gasteiger partial charge in [0.1, 0.15) is 6.04 Å². The lowest BCUT2D eigenvalue weighted by atomic mass is 9.95. The third-order valence-corrected chi connectivity index (χ3v) is 5.88. The Bertz CT molecular complexity index is 645. The maximum Gasteiger partial charge on any atom is 0.243 e. The highest BCUT2D eigenvalue weighted by Crippen LogP contribution is 2.24. The van der Waals surface area contributed by atoms with Crippen LogP contribution in [0.15, 0.2) is 18.2 Å². The van der Waals surface area contributed by atoms with Crippen LogP contribution in [0.4, 0.5) is 0 Å². The SMILES string of the molecule is CCCC(=O)N(Cc1ccc(Cl)c(Cl)c1)[C@@H](CC)C(=O)NC1CCCCC1. The Kier molecular flexibility index (Phi) is 8.91. The molecule has 0 radical (unpaired) electrons. The Morgan fingerprint density at radius 2 is 1.85 bits per heavy atom. The van der Waals surface area contributed by atoms with Crippen LogP contribution in [-0.2, 0) is 16.1 Å². The van der Waals surface area contributed by atoms with Crippen molar-refractivity contribution in [3.63, 3.8) is 0 Å². The van der Waals surface area contributed by atoms with E-state index in [9.17, 15) is 9.59 Å². The van der Waals surface area contributed by atoms with Gasteiger partial charge in [-0.15, -0.1) is 0 Å². The van der Waals surface area contributed by atoms with Gasteiger partial charge < -0.3 is 10.2 Å². The molecule has 1 aliphatic carbocycles. The van der Waals surface area contributed by atoms with Gasteiger partial charge in [0.05, 0.1) is 10.0 Å². The molecule has 0 saturated heterocycles. The minimum atomic E-state index is -0.472. The second-order valence-electron chi connectivity index (χ2n) is 7.29. The molecule has 2 rings (SSSR count). The van der Waals surface area contributed by atoms with Crippen molar-refractivity contribution in [2.45, 2.75) is 83.8 Å². The minimum Gasteiger partial charge on any atom is -0.352 e. The molecule has 4 nitrogen and oxygen atoms in total. The Labute approximate surface area is 172 Å². The number of amides is 2. The molecule has 1 saturated carbocycles. The number of hydrogen-bond donors (Lipinski definition) is 1. The smallest absolute Gasteiger partial charge is 0.243 e. The molecule has 27 heavy (non-hydrogen) atoms. The molecule has 1 N–H and O–H groups in total. The van der Waals surface area contributed by atoms with Crippen molar-refractivity contribution in [1.29, 1.82) is 0 Å². The molecule has 1 aromatic rings. The summed E-state index contributed by atoms with van der Waals surface area (Å²) in [6.07, 6.45) is 7.35. The monoisotopic (exact) mass is 412 g/mol. The number of halogens is 2. The lowest BCUT2D eigenvalue weighted by Crippen LogP contribution is -2.51. The van der Waals surface area contributed by atoms with Crippen LogP contribution < -0.4 is 5.32 Å². The van der Waals surface area contributed by atoms with Crippen molar-refractivity contribution in [3.05, 3.63) is 33.8 Å². The van der Waals surface area contributed by atoms with Gasteiger partial charge in [0.2, 0.25) is 11.8 Å². The van der Waals surface area contributed by atoms with Crippen molar-refractivity contribution >= 4 is 35.0 Å². The van der Waals surface area contributed by atoms with Gasteiger partial charge in [0.15, 0.2) is 0 Å². The molecule has 1 atom stereocenters. The van der Waals surface area contributed by atoms with E-state index >= 15 is 0 Å². The minimum absolute atomic E-state index is 0.00535. The first-order valence-electron chi connectivity index (χ1n) is 10.00. The van der Waals surface area contributed by atoms with Crippen LogP contribution in [0.5, 0.6) is 0 Å². The Balaban J connectivity index is 2.16. The molecule has 0 unspecified atom stereocenters. The third-order valence-electron chi connectivity index (χ3n) is 5.14. The predicted octanol–water partition coefficient (Wildman–Crippen LogP) is 5.35. The number of nitrogens with one attached hydrogen (secondary N) is 1. The van der Waals surface area contributed by atoms with E-state index in [-0.39, 0.29) is 17.9 Å². The maximum absolute atomic E-state index is 13.0. The molecule has 0 heterocycles. The highest BCUT2D eigenvalue weighted by atomic mass is 35.5. The molecule has 1 fully saturated rings. The molecule has 0 aromatic heterocycles. The summed E-state index contributed by atoms with van der Waals surface area (Å²) in [6, 6.07) is 5.10. The fourth-order valence-corrected chi connectivity index (χ4v) is 3.98. The summed E-state index contributed by atoms with van der Waals surface area (Å²) in [5, 5.41) is 4.11. The second-order valence-corrected chi connectivity index (χ2v) is 8.10. The standard InChI is InChI=1S/C21H30Cl2N2O2/c1-3-8-20(26)25(14-15-11-12-17(22)18(23)13-15)19(4-2)21(27)24-16-9-6-5-7-10-16/h11-13,16,19H,3-10,14H2,1-2H3,(H,24,27)/t19-/m0/s1. The average molecular weight is 413 g/mol. The number of nitrogens with zero attached hydrogens (tertiary/aromatic N) is 1. The lowest BCUT2D eigenvalue weighted by molar-refractivity contribution is -0.141. The number of carbonyl (C=O) groups excluding carboxylic acids is 2. The zero-order chi connectivity index (χ0) is 19.8. The molecular formula is C21H30Cl2N2O2. The van der Waals surface area contributed by atoms with Crippen molar-refractivity contribution in [3.8, 4) is 0 Å². The lowest BCUT2D eigenvalue weighted by Gasteiger charge is -2.33. The Morgan fingerprint density at radius 1 is 1.15 bits per heavy atom. The van der Waals surface area contributed by atoms with E-state index in [1.807, 2.05) is 19.9 Å². The zero-order valence-corrected chi connectivity index (χ0v) is 17.8. The third kappa shape index (κ3) is 6.39. The van der Waals surface area contributed by atoms with Crippen LogP contribution in [-0.4, -0.2) is 28.8 Å². The van der Waals surface area contributed by atoms with E-state index < -0.39 is 6.04 Å². The predicted molar refractivity (Wildman–Crippen MR) is 111 cm³/mol. The van der Waals surface area contributed by atoms with Gasteiger partial charge in [0, 0.05) is 19.0 Å². The molecule has 0 aliphatic heterocycles. The number of carbonyl (C=O) groups is 2. The largest absolute Gasteiger partial charge is 0.352 e. The van der Waals surface area contributed by atoms with E-state index in [1.165, 1.54) is 6.42 Å². The summed E-state index contributed by atoms with van der Waals surface area (Å²) in [6.45, 7) is 4.27. The summed E-state index contributed by atoms with van der Waals surface area (Å²) < 4.78 is 0. The fraction of sp³-hybridized carbons (Fsp3) is 0.619. The maximum atomic E-state index is 13.0. The van der Waals surface area contributed by atoms with Gasteiger partial charge in [-0.3, -0.25) is 9.59 Å². The quantitative estimate of drug-likeness (QED) is 0.625. The summed E-state index contributed by atoms with van der Waals surface area (Å²) in [5.74, 6) is -0.0527. The van der Waals surface area contributed by atoms with Crippen LogP contribution in [0.2, 0.25) is 10.0 Å². The first-order chi connectivity index (χ1) is 13.0. The van der Waals surface area contributed by atoms with Gasteiger partial charge >= 0.3 is 0 Å². The first kappa shape index (κ1) is 22.0. The summed E-state index contributed by atoms with van der Waals surface area (Å²) in [5.41, 5.74) is 0.873. The normalized spacial score (nSPS) is 16.0. The van der Waals surface area contributed by atoms with Gasteiger partial charge in [-0.05, 0) is 43.4 Å². The molecule has 1 aromatic carbocycles. The first-order valence-corrected chi connectivity index (χ1v) is 10.8. The molecule has 0 spiro atoms. The summed E-state index contributed by atoms with van der Waals surface area (Å²) in [4.78, 5) is 27.4. The van der Waals surface area contributed by atoms with E-state index in [0.717, 1.165) is 37.7 Å². The molecule has 1 aliphatic rings. The van der Waals surface area contributed by atoms with Crippen molar-refractivity contribution in [2.24, 2.45) is 0 Å². The topological polar surface area (TPSA) is 49.4 Å². The van der Waals surface area contributed by atoms with E-state index in [2.05, 4.69) is 5.32 Å². The summed E-state index contributed by atoms with van der Waals surface area (Å²) in [7, 11) is 0. The Morgan fingerprint density at radius 3 is 2.44 bits per heavy atom. The molecule has 2 amide bonds. The van der Waals surface area contributed by atoms with Crippen molar-refractivity contribution in [2.75, 3.05) is 0 Å². The molecular weight excluding hydrogens is 383 g/mol. The van der Waals surface area contributed by atoms with E-state index in [0.29, 0.717) is 29.4 Å². The fourth-order valence-electron chi connectivity index (χ4n) is 3.66. The number of benzene rings is 1. The van der Waals surface area contributed by atoms with Gasteiger partial charge in [-0.1, -0.05) is 62.4 Å². The average Bonchev–Trinajstić information content (AvgIpc) is 2.65. The van der Waals surface area contributed by atoms with Crippen LogP contribution >= 0.6 is 23.2 Å². The second kappa shape index (κ2) is 10.9. The van der Waals surface area contributed by atoms with Crippen LogP contribution in [0.25, 0.3) is 0 Å². The van der Waals surface area contributed by atoms with Gasteiger partial charge in [-0.2, -0.15) is 0 Å². The Hall–Kier alpha value is -1.26. The number of hydrogen-bond acceptors (Lipinski definition) is 2. The van der Waals surface area contributed by atoms with E-state index in [4.69, 9.17) is 23.2 Å². The van der Waals surface area contributed by atoms with Crippen LogP contribution in [0, 0.1) is 0 Å². The molecule has 6 heteroatoms. The van der Waals surface area contributed by atoms with Gasteiger partial charge in [-0.25, -0.2) is 0 Å². The molecule has 150 valence electrons. The summed E-state index contributed by atoms with van der Waals surface area (Å²) >= 11 is 12.1. The van der Waals surface area contributed by atoms with Crippen LogP contribution in [0.1, 0.15) is 70.8 Å². The number of rotatable bonds is 8.